The van der Waals surface area contributed by atoms with Gasteiger partial charge in [-0.3, -0.25) is 4.79 Å². The van der Waals surface area contributed by atoms with Gasteiger partial charge in [-0.2, -0.15) is 5.26 Å². The zero-order chi connectivity index (χ0) is 27.3. The average Bonchev–Trinajstić information content (AvgIpc) is 2.99. The molecule has 0 unspecified atom stereocenters. The van der Waals surface area contributed by atoms with Gasteiger partial charge in [0.05, 0.1) is 38.1 Å². The molecule has 1 aliphatic rings. The van der Waals surface area contributed by atoms with Crippen molar-refractivity contribution in [1.29, 1.82) is 5.26 Å². The largest absolute Gasteiger partial charge is 0.491 e. The standard InChI is InChI=1S/C30H33FN4O4/c31-13-18-37-19-20-38-21-22-39-29-11-3-25(4-12-29)30(36)33-26-5-9-28(10-6-26)35-16-14-34(15-17-35)27-7-1-24(23-32)2-8-27/h1-12H,13-22H2,(H,33,36). The minimum atomic E-state index is -0.495. The van der Waals surface area contributed by atoms with Crippen LogP contribution in [0.15, 0.2) is 72.8 Å². The molecule has 1 fully saturated rings. The molecule has 1 saturated heterocycles. The van der Waals surface area contributed by atoms with Gasteiger partial charge in [0.1, 0.15) is 19.0 Å². The van der Waals surface area contributed by atoms with Gasteiger partial charge in [0.2, 0.25) is 0 Å². The fourth-order valence-electron chi connectivity index (χ4n) is 4.23. The van der Waals surface area contributed by atoms with Crippen LogP contribution < -0.4 is 19.9 Å². The molecule has 1 heterocycles. The number of rotatable bonds is 13. The summed E-state index contributed by atoms with van der Waals surface area (Å²) in [5, 5.41) is 11.9. The zero-order valence-electron chi connectivity index (χ0n) is 21.9. The number of nitriles is 1. The van der Waals surface area contributed by atoms with Crippen LogP contribution in [0.3, 0.4) is 0 Å². The number of carbonyl (C=O) groups is 1. The Hall–Kier alpha value is -4.13. The van der Waals surface area contributed by atoms with Crippen molar-refractivity contribution < 1.29 is 23.4 Å². The highest BCUT2D eigenvalue weighted by molar-refractivity contribution is 6.04. The number of hydrogen-bond acceptors (Lipinski definition) is 7. The Balaban J connectivity index is 1.18. The number of benzene rings is 3. The molecule has 8 nitrogen and oxygen atoms in total. The number of nitrogens with zero attached hydrogens (tertiary/aromatic N) is 3. The van der Waals surface area contributed by atoms with Crippen LogP contribution in [-0.4, -0.2) is 71.8 Å². The Bertz CT molecular complexity index is 1210. The molecule has 0 atom stereocenters. The molecule has 1 aliphatic heterocycles. The van der Waals surface area contributed by atoms with Gasteiger partial charge in [-0.05, 0) is 72.8 Å². The molecule has 9 heteroatoms. The predicted molar refractivity (Wildman–Crippen MR) is 150 cm³/mol. The average molecular weight is 533 g/mol. The van der Waals surface area contributed by atoms with Gasteiger partial charge in [-0.25, -0.2) is 4.39 Å². The highest BCUT2D eigenvalue weighted by atomic mass is 19.1. The van der Waals surface area contributed by atoms with E-state index in [1.807, 2.05) is 48.5 Å². The molecule has 1 N–H and O–H groups in total. The third-order valence-corrected chi connectivity index (χ3v) is 6.34. The van der Waals surface area contributed by atoms with Gasteiger partial charge in [0, 0.05) is 48.8 Å². The summed E-state index contributed by atoms with van der Waals surface area (Å²) >= 11 is 0. The van der Waals surface area contributed by atoms with Crippen molar-refractivity contribution in [3.63, 3.8) is 0 Å². The van der Waals surface area contributed by atoms with Crippen molar-refractivity contribution in [2.75, 3.05) is 81.0 Å². The summed E-state index contributed by atoms with van der Waals surface area (Å²) in [6.45, 7) is 4.67. The molecular formula is C30H33FN4O4. The van der Waals surface area contributed by atoms with E-state index >= 15 is 0 Å². The number of anilines is 3. The molecule has 0 spiro atoms. The second-order valence-corrected chi connectivity index (χ2v) is 8.92. The highest BCUT2D eigenvalue weighted by Gasteiger charge is 2.18. The van der Waals surface area contributed by atoms with Crippen molar-refractivity contribution in [3.05, 3.63) is 83.9 Å². The zero-order valence-corrected chi connectivity index (χ0v) is 21.9. The number of piperazine rings is 1. The van der Waals surface area contributed by atoms with E-state index < -0.39 is 6.67 Å². The van der Waals surface area contributed by atoms with E-state index in [-0.39, 0.29) is 12.5 Å². The lowest BCUT2D eigenvalue weighted by Crippen LogP contribution is -2.46. The summed E-state index contributed by atoms with van der Waals surface area (Å²) in [5.74, 6) is 0.453. The molecule has 3 aromatic rings. The third kappa shape index (κ3) is 8.43. The number of carbonyl (C=O) groups excluding carboxylic acids is 1. The first kappa shape index (κ1) is 27.9. The van der Waals surface area contributed by atoms with Gasteiger partial charge in [0.25, 0.3) is 5.91 Å². The minimum absolute atomic E-state index is 0.0888. The smallest absolute Gasteiger partial charge is 0.255 e. The van der Waals surface area contributed by atoms with Gasteiger partial charge < -0.3 is 29.3 Å². The molecule has 0 bridgehead atoms. The monoisotopic (exact) mass is 532 g/mol. The van der Waals surface area contributed by atoms with Crippen molar-refractivity contribution in [2.24, 2.45) is 0 Å². The van der Waals surface area contributed by atoms with E-state index in [9.17, 15) is 9.18 Å². The molecule has 0 radical (unpaired) electrons. The number of alkyl halides is 1. The van der Waals surface area contributed by atoms with Crippen LogP contribution in [0.1, 0.15) is 15.9 Å². The van der Waals surface area contributed by atoms with Crippen molar-refractivity contribution in [1.82, 2.24) is 0 Å². The predicted octanol–water partition coefficient (Wildman–Crippen LogP) is 4.52. The summed E-state index contributed by atoms with van der Waals surface area (Å²) in [6.07, 6.45) is 0. The SMILES string of the molecule is N#Cc1ccc(N2CCN(c3ccc(NC(=O)c4ccc(OCCOCCOCCF)cc4)cc3)CC2)cc1. The maximum absolute atomic E-state index is 12.7. The number of halogens is 1. The maximum atomic E-state index is 12.7. The van der Waals surface area contributed by atoms with Crippen LogP contribution in [0.25, 0.3) is 0 Å². The first-order valence-electron chi connectivity index (χ1n) is 13.0. The summed E-state index contributed by atoms with van der Waals surface area (Å²) < 4.78 is 27.9. The lowest BCUT2D eigenvalue weighted by molar-refractivity contribution is 0.0325. The van der Waals surface area contributed by atoms with Crippen LogP contribution in [0, 0.1) is 11.3 Å². The number of nitrogens with one attached hydrogen (secondary N) is 1. The Kier molecular flexibility index (Phi) is 10.5. The van der Waals surface area contributed by atoms with E-state index in [0.717, 1.165) is 43.2 Å². The van der Waals surface area contributed by atoms with E-state index in [1.165, 1.54) is 0 Å². The Labute approximate surface area is 228 Å². The summed E-state index contributed by atoms with van der Waals surface area (Å²) in [4.78, 5) is 17.3. The molecule has 204 valence electrons. The van der Waals surface area contributed by atoms with Crippen LogP contribution in [-0.2, 0) is 9.47 Å². The second kappa shape index (κ2) is 14.7. The minimum Gasteiger partial charge on any atom is -0.491 e. The summed E-state index contributed by atoms with van der Waals surface area (Å²) in [6, 6.07) is 24.7. The van der Waals surface area contributed by atoms with E-state index in [2.05, 4.69) is 21.2 Å². The molecule has 0 aromatic heterocycles. The molecule has 0 aliphatic carbocycles. The van der Waals surface area contributed by atoms with Crippen molar-refractivity contribution in [3.8, 4) is 11.8 Å². The molecule has 39 heavy (non-hydrogen) atoms. The fourth-order valence-corrected chi connectivity index (χ4v) is 4.23. The number of ether oxygens (including phenoxy) is 3. The topological polar surface area (TPSA) is 87.1 Å². The van der Waals surface area contributed by atoms with E-state index in [0.29, 0.717) is 43.3 Å². The lowest BCUT2D eigenvalue weighted by atomic mass is 10.1. The van der Waals surface area contributed by atoms with Crippen LogP contribution in [0.4, 0.5) is 21.5 Å². The lowest BCUT2D eigenvalue weighted by Gasteiger charge is -2.37. The summed E-state index contributed by atoms with van der Waals surface area (Å²) in [7, 11) is 0. The Morgan fingerprint density at radius 2 is 1.31 bits per heavy atom. The van der Waals surface area contributed by atoms with E-state index in [1.54, 1.807) is 24.3 Å². The van der Waals surface area contributed by atoms with Gasteiger partial charge in [-0.15, -0.1) is 0 Å². The quantitative estimate of drug-likeness (QED) is 0.324. The van der Waals surface area contributed by atoms with Gasteiger partial charge in [0.15, 0.2) is 0 Å². The number of amides is 1. The van der Waals surface area contributed by atoms with Crippen LogP contribution >= 0.6 is 0 Å². The second-order valence-electron chi connectivity index (χ2n) is 8.92. The van der Waals surface area contributed by atoms with Crippen LogP contribution in [0.2, 0.25) is 0 Å². The van der Waals surface area contributed by atoms with Gasteiger partial charge in [-0.1, -0.05) is 0 Å². The molecule has 4 rings (SSSR count). The van der Waals surface area contributed by atoms with E-state index in [4.69, 9.17) is 19.5 Å². The number of hydrogen-bond donors (Lipinski definition) is 1. The summed E-state index contributed by atoms with van der Waals surface area (Å²) in [5.41, 5.74) is 4.18. The fraction of sp³-hybridized carbons (Fsp3) is 0.333. The maximum Gasteiger partial charge on any atom is 0.255 e. The molecule has 3 aromatic carbocycles. The normalized spacial score (nSPS) is 13.1. The Morgan fingerprint density at radius 1 is 0.769 bits per heavy atom. The first-order chi connectivity index (χ1) is 19.2. The molecule has 1 amide bonds. The van der Waals surface area contributed by atoms with Crippen molar-refractivity contribution >= 4 is 23.0 Å². The molecular weight excluding hydrogens is 499 g/mol. The Morgan fingerprint density at radius 3 is 1.87 bits per heavy atom. The van der Waals surface area contributed by atoms with Gasteiger partial charge >= 0.3 is 0 Å². The highest BCUT2D eigenvalue weighted by Crippen LogP contribution is 2.23. The molecule has 0 saturated carbocycles. The van der Waals surface area contributed by atoms with Crippen molar-refractivity contribution in [2.45, 2.75) is 0 Å². The first-order valence-corrected chi connectivity index (χ1v) is 13.0. The third-order valence-electron chi connectivity index (χ3n) is 6.34. The van der Waals surface area contributed by atoms with Crippen LogP contribution in [0.5, 0.6) is 5.75 Å².